The zero-order chi connectivity index (χ0) is 14.3. The lowest BCUT2D eigenvalue weighted by Gasteiger charge is -2.22. The molecule has 0 aliphatic heterocycles. The van der Waals surface area contributed by atoms with Gasteiger partial charge in [0, 0.05) is 11.7 Å². The molecule has 106 valence electrons. The zero-order valence-corrected chi connectivity index (χ0v) is 11.8. The fraction of sp³-hybridized carbons (Fsp3) is 0.500. The average Bonchev–Trinajstić information content (AvgIpc) is 2.39. The van der Waals surface area contributed by atoms with Crippen molar-refractivity contribution < 1.29 is 9.53 Å². The minimum absolute atomic E-state index is 0.0863. The van der Waals surface area contributed by atoms with Crippen LogP contribution in [0, 0.1) is 5.92 Å². The van der Waals surface area contributed by atoms with Crippen LogP contribution in [0.2, 0.25) is 0 Å². The highest BCUT2D eigenvalue weighted by molar-refractivity contribution is 5.89. The molecule has 4 N–H and O–H groups in total. The molecule has 0 bridgehead atoms. The van der Waals surface area contributed by atoms with Crippen molar-refractivity contribution in [2.24, 2.45) is 11.7 Å². The van der Waals surface area contributed by atoms with Crippen LogP contribution in [0.5, 0.6) is 5.75 Å². The second-order valence-corrected chi connectivity index (χ2v) is 4.75. The number of ether oxygens (including phenoxy) is 1. The molecule has 1 atom stereocenters. The van der Waals surface area contributed by atoms with Crippen LogP contribution in [0.3, 0.4) is 0 Å². The standard InChI is InChI=1S/C14H23N3O2/c1-10(2)13(8-9-15)17-14(18)16-11-4-6-12(19-3)7-5-11/h4-7,10,13H,8-9,15H2,1-3H3,(H2,16,17,18). The van der Waals surface area contributed by atoms with E-state index in [0.717, 1.165) is 17.9 Å². The number of methoxy groups -OCH3 is 1. The lowest BCUT2D eigenvalue weighted by molar-refractivity contribution is 0.243. The summed E-state index contributed by atoms with van der Waals surface area (Å²) in [6.45, 7) is 4.69. The van der Waals surface area contributed by atoms with Gasteiger partial charge < -0.3 is 21.1 Å². The van der Waals surface area contributed by atoms with Gasteiger partial charge >= 0.3 is 6.03 Å². The van der Waals surface area contributed by atoms with E-state index in [9.17, 15) is 4.79 Å². The Morgan fingerprint density at radius 2 is 1.95 bits per heavy atom. The molecule has 0 aliphatic rings. The summed E-state index contributed by atoms with van der Waals surface area (Å²) in [4.78, 5) is 11.9. The van der Waals surface area contributed by atoms with E-state index in [-0.39, 0.29) is 12.1 Å². The van der Waals surface area contributed by atoms with Crippen LogP contribution in [-0.2, 0) is 0 Å². The number of rotatable bonds is 6. The van der Waals surface area contributed by atoms with Crippen LogP contribution in [0.25, 0.3) is 0 Å². The molecule has 1 rings (SSSR count). The highest BCUT2D eigenvalue weighted by Crippen LogP contribution is 2.15. The maximum Gasteiger partial charge on any atom is 0.319 e. The van der Waals surface area contributed by atoms with Gasteiger partial charge in [-0.1, -0.05) is 13.8 Å². The van der Waals surface area contributed by atoms with E-state index < -0.39 is 0 Å². The van der Waals surface area contributed by atoms with Crippen molar-refractivity contribution in [3.8, 4) is 5.75 Å². The van der Waals surface area contributed by atoms with Crippen molar-refractivity contribution in [2.75, 3.05) is 19.0 Å². The molecule has 0 aliphatic carbocycles. The van der Waals surface area contributed by atoms with Crippen LogP contribution < -0.4 is 21.1 Å². The second-order valence-electron chi connectivity index (χ2n) is 4.75. The van der Waals surface area contributed by atoms with Crippen molar-refractivity contribution in [3.05, 3.63) is 24.3 Å². The summed E-state index contributed by atoms with van der Waals surface area (Å²) in [6, 6.07) is 7.07. The fourth-order valence-corrected chi connectivity index (χ4v) is 1.76. The predicted molar refractivity (Wildman–Crippen MR) is 77.4 cm³/mol. The molecule has 0 fully saturated rings. The van der Waals surface area contributed by atoms with Gasteiger partial charge in [0.15, 0.2) is 0 Å². The van der Waals surface area contributed by atoms with Gasteiger partial charge in [-0.2, -0.15) is 0 Å². The number of nitrogens with one attached hydrogen (secondary N) is 2. The summed E-state index contributed by atoms with van der Waals surface area (Å²) < 4.78 is 5.06. The van der Waals surface area contributed by atoms with Crippen LogP contribution in [0.4, 0.5) is 10.5 Å². The van der Waals surface area contributed by atoms with Gasteiger partial charge in [0.05, 0.1) is 7.11 Å². The Hall–Kier alpha value is -1.75. The van der Waals surface area contributed by atoms with Gasteiger partial charge in [-0.3, -0.25) is 0 Å². The number of benzene rings is 1. The molecule has 0 saturated heterocycles. The van der Waals surface area contributed by atoms with E-state index in [1.165, 1.54) is 0 Å². The Bertz CT molecular complexity index is 390. The molecule has 5 nitrogen and oxygen atoms in total. The van der Waals surface area contributed by atoms with Crippen molar-refractivity contribution in [3.63, 3.8) is 0 Å². The number of carbonyl (C=O) groups is 1. The monoisotopic (exact) mass is 265 g/mol. The van der Waals surface area contributed by atoms with E-state index in [1.54, 1.807) is 31.4 Å². The van der Waals surface area contributed by atoms with Crippen LogP contribution >= 0.6 is 0 Å². The topological polar surface area (TPSA) is 76.4 Å². The van der Waals surface area contributed by atoms with Gasteiger partial charge in [0.25, 0.3) is 0 Å². The summed E-state index contributed by atoms with van der Waals surface area (Å²) in [5, 5.41) is 5.72. The van der Waals surface area contributed by atoms with Crippen LogP contribution in [0.1, 0.15) is 20.3 Å². The molecule has 5 heteroatoms. The highest BCUT2D eigenvalue weighted by atomic mass is 16.5. The Balaban J connectivity index is 2.53. The number of amides is 2. The van der Waals surface area contributed by atoms with Crippen molar-refractivity contribution in [1.82, 2.24) is 5.32 Å². The Labute approximate surface area is 114 Å². The van der Waals surface area contributed by atoms with E-state index in [2.05, 4.69) is 24.5 Å². The Morgan fingerprint density at radius 1 is 1.32 bits per heavy atom. The van der Waals surface area contributed by atoms with E-state index in [4.69, 9.17) is 10.5 Å². The zero-order valence-electron chi connectivity index (χ0n) is 11.8. The number of nitrogens with two attached hydrogens (primary N) is 1. The SMILES string of the molecule is COc1ccc(NC(=O)NC(CCN)C(C)C)cc1. The molecule has 1 aromatic rings. The molecule has 2 amide bonds. The lowest BCUT2D eigenvalue weighted by Crippen LogP contribution is -2.42. The Kier molecular flexibility index (Phi) is 6.15. The third-order valence-electron chi connectivity index (χ3n) is 2.95. The normalized spacial score (nSPS) is 12.1. The smallest absolute Gasteiger partial charge is 0.319 e. The molecular formula is C14H23N3O2. The largest absolute Gasteiger partial charge is 0.497 e. The number of hydrogen-bond acceptors (Lipinski definition) is 3. The van der Waals surface area contributed by atoms with Crippen molar-refractivity contribution >= 4 is 11.7 Å². The molecule has 0 saturated carbocycles. The number of carbonyl (C=O) groups excluding carboxylic acids is 1. The fourth-order valence-electron chi connectivity index (χ4n) is 1.76. The van der Waals surface area contributed by atoms with Crippen LogP contribution in [0.15, 0.2) is 24.3 Å². The minimum Gasteiger partial charge on any atom is -0.497 e. The molecule has 0 aromatic heterocycles. The van der Waals surface area contributed by atoms with Gasteiger partial charge in [-0.15, -0.1) is 0 Å². The molecule has 19 heavy (non-hydrogen) atoms. The summed E-state index contributed by atoms with van der Waals surface area (Å²) in [5.41, 5.74) is 6.27. The minimum atomic E-state index is -0.211. The van der Waals surface area contributed by atoms with Gasteiger partial charge in [0.1, 0.15) is 5.75 Å². The first kappa shape index (κ1) is 15.3. The first-order valence-electron chi connectivity index (χ1n) is 6.48. The van der Waals surface area contributed by atoms with Crippen molar-refractivity contribution in [2.45, 2.75) is 26.3 Å². The summed E-state index contributed by atoms with van der Waals surface area (Å²) in [5.74, 6) is 1.11. The number of anilines is 1. The third-order valence-corrected chi connectivity index (χ3v) is 2.95. The molecule has 0 radical (unpaired) electrons. The van der Waals surface area contributed by atoms with E-state index in [0.29, 0.717) is 12.5 Å². The summed E-state index contributed by atoms with van der Waals surface area (Å²) in [6.07, 6.45) is 0.772. The number of urea groups is 1. The first-order valence-corrected chi connectivity index (χ1v) is 6.48. The maximum absolute atomic E-state index is 11.9. The van der Waals surface area contributed by atoms with Crippen molar-refractivity contribution in [1.29, 1.82) is 0 Å². The molecule has 0 spiro atoms. The summed E-state index contributed by atoms with van der Waals surface area (Å²) >= 11 is 0. The quantitative estimate of drug-likeness (QED) is 0.738. The number of hydrogen-bond donors (Lipinski definition) is 3. The third kappa shape index (κ3) is 5.18. The van der Waals surface area contributed by atoms with Gasteiger partial charge in [-0.25, -0.2) is 4.79 Å². The second kappa shape index (κ2) is 7.63. The van der Waals surface area contributed by atoms with Crippen LogP contribution in [-0.4, -0.2) is 25.7 Å². The molecule has 1 unspecified atom stereocenters. The molecule has 1 aromatic carbocycles. The first-order chi connectivity index (χ1) is 9.06. The highest BCUT2D eigenvalue weighted by Gasteiger charge is 2.15. The van der Waals surface area contributed by atoms with Gasteiger partial charge in [0.2, 0.25) is 0 Å². The molecular weight excluding hydrogens is 242 g/mol. The summed E-state index contributed by atoms with van der Waals surface area (Å²) in [7, 11) is 1.61. The average molecular weight is 265 g/mol. The molecule has 0 heterocycles. The lowest BCUT2D eigenvalue weighted by atomic mass is 10.0. The maximum atomic E-state index is 11.9. The van der Waals surface area contributed by atoms with E-state index in [1.807, 2.05) is 0 Å². The predicted octanol–water partition coefficient (Wildman–Crippen LogP) is 2.19. The van der Waals surface area contributed by atoms with E-state index >= 15 is 0 Å². The van der Waals surface area contributed by atoms with Gasteiger partial charge in [-0.05, 0) is 43.1 Å². The Morgan fingerprint density at radius 3 is 2.42 bits per heavy atom.